The van der Waals surface area contributed by atoms with Gasteiger partial charge in [-0.2, -0.15) is 0 Å². The third-order valence-corrected chi connectivity index (χ3v) is 5.98. The van der Waals surface area contributed by atoms with Gasteiger partial charge in [0, 0.05) is 18.5 Å². The molecule has 30 heavy (non-hydrogen) atoms. The molecule has 2 unspecified atom stereocenters. The van der Waals surface area contributed by atoms with Crippen LogP contribution >= 0.6 is 15.9 Å². The summed E-state index contributed by atoms with van der Waals surface area (Å²) >= 11 is 3.26. The summed E-state index contributed by atoms with van der Waals surface area (Å²) in [7, 11) is 1.32. The molecule has 3 heterocycles. The monoisotopic (exact) mass is 484 g/mol. The van der Waals surface area contributed by atoms with Crippen molar-refractivity contribution in [3.63, 3.8) is 0 Å². The fraction of sp³-hybridized carbons (Fsp3) is 0.700. The van der Waals surface area contributed by atoms with Gasteiger partial charge in [0.25, 0.3) is 0 Å². The number of alkyl carbamates (subject to hydrolysis) is 1. The molecule has 1 aromatic heterocycles. The quantitative estimate of drug-likeness (QED) is 0.653. The second kappa shape index (κ2) is 8.66. The number of nitrogens with one attached hydrogen (secondary N) is 1. The van der Waals surface area contributed by atoms with Gasteiger partial charge in [0.15, 0.2) is 11.5 Å². The number of esters is 1. The Morgan fingerprint density at radius 3 is 2.60 bits per heavy atom. The third-order valence-electron chi connectivity index (χ3n) is 5.60. The summed E-state index contributed by atoms with van der Waals surface area (Å²) in [6.45, 7) is 9.37. The molecule has 9 nitrogen and oxygen atoms in total. The molecular weight excluding hydrogens is 456 g/mol. The van der Waals surface area contributed by atoms with Gasteiger partial charge in [-0.15, -0.1) is 0 Å². The van der Waals surface area contributed by atoms with Crippen molar-refractivity contribution < 1.29 is 23.8 Å². The van der Waals surface area contributed by atoms with E-state index in [2.05, 4.69) is 31.2 Å². The lowest BCUT2D eigenvalue weighted by atomic mass is 9.73. The van der Waals surface area contributed by atoms with E-state index in [1.54, 1.807) is 6.20 Å². The Bertz CT molecular complexity index is 805. The first-order valence-corrected chi connectivity index (χ1v) is 10.8. The normalized spacial score (nSPS) is 23.3. The Labute approximate surface area is 185 Å². The lowest BCUT2D eigenvalue weighted by molar-refractivity contribution is 0.0433. The summed E-state index contributed by atoms with van der Waals surface area (Å²) in [6, 6.07) is -0.148. The van der Waals surface area contributed by atoms with E-state index in [9.17, 15) is 9.59 Å². The first kappa shape index (κ1) is 22.7. The fourth-order valence-corrected chi connectivity index (χ4v) is 4.41. The number of carbonyl (C=O) groups excluding carboxylic acids is 2. The number of hydrogen-bond acceptors (Lipinski definition) is 8. The van der Waals surface area contributed by atoms with Crippen molar-refractivity contribution in [2.45, 2.75) is 58.3 Å². The number of aromatic nitrogens is 2. The number of amides is 1. The maximum absolute atomic E-state index is 12.4. The number of methoxy groups -OCH3 is 1. The van der Waals surface area contributed by atoms with Gasteiger partial charge >= 0.3 is 12.1 Å². The Hall–Kier alpha value is -1.94. The number of halogens is 1. The molecule has 2 fully saturated rings. The molecule has 1 amide bonds. The van der Waals surface area contributed by atoms with Gasteiger partial charge in [0.2, 0.25) is 0 Å². The Morgan fingerprint density at radius 2 is 2.00 bits per heavy atom. The molecule has 1 aromatic rings. The zero-order chi connectivity index (χ0) is 22.1. The second-order valence-electron chi connectivity index (χ2n) is 8.85. The van der Waals surface area contributed by atoms with Crippen molar-refractivity contribution >= 4 is 33.8 Å². The zero-order valence-corrected chi connectivity index (χ0v) is 19.6. The third kappa shape index (κ3) is 4.85. The van der Waals surface area contributed by atoms with Crippen LogP contribution in [0.25, 0.3) is 0 Å². The molecule has 1 spiro atoms. The molecule has 2 aliphatic rings. The molecule has 0 aliphatic carbocycles. The van der Waals surface area contributed by atoms with E-state index in [1.807, 2.05) is 32.6 Å². The van der Waals surface area contributed by atoms with Crippen molar-refractivity contribution in [1.82, 2.24) is 15.3 Å². The molecule has 2 atom stereocenters. The summed E-state index contributed by atoms with van der Waals surface area (Å²) < 4.78 is 16.7. The maximum Gasteiger partial charge on any atom is 0.407 e. The number of rotatable bonds is 3. The predicted octanol–water partition coefficient (Wildman–Crippen LogP) is 2.92. The molecule has 2 saturated heterocycles. The molecular formula is C20H29BrN4O5. The van der Waals surface area contributed by atoms with E-state index in [4.69, 9.17) is 14.2 Å². The highest BCUT2D eigenvalue weighted by molar-refractivity contribution is 9.10. The van der Waals surface area contributed by atoms with Gasteiger partial charge in [0.05, 0.1) is 32.1 Å². The number of ether oxygens (including phenoxy) is 3. The van der Waals surface area contributed by atoms with Crippen LogP contribution in [0.4, 0.5) is 10.6 Å². The molecule has 0 radical (unpaired) electrons. The first-order chi connectivity index (χ1) is 14.0. The summed E-state index contributed by atoms with van der Waals surface area (Å²) in [5.41, 5.74) is -0.572. The van der Waals surface area contributed by atoms with E-state index in [0.717, 1.165) is 12.8 Å². The van der Waals surface area contributed by atoms with Gasteiger partial charge in [-0.05, 0) is 56.5 Å². The van der Waals surface area contributed by atoms with Gasteiger partial charge in [-0.1, -0.05) is 0 Å². The van der Waals surface area contributed by atoms with Crippen LogP contribution in [0.1, 0.15) is 51.0 Å². The van der Waals surface area contributed by atoms with E-state index in [1.165, 1.54) is 7.11 Å². The highest BCUT2D eigenvalue weighted by Gasteiger charge is 2.50. The standard InChI is InChI=1S/C20H29BrN4O5/c1-12-15(24-18(27)30-19(2,3)4)20(11-29-12)6-8-25(9-7-20)16-14(17(26)28-5)23-13(21)10-22-16/h10,12,15H,6-9,11H2,1-5H3,(H,24,27). The van der Waals surface area contributed by atoms with Crippen LogP contribution in [0.3, 0.4) is 0 Å². The zero-order valence-electron chi connectivity index (χ0n) is 18.0. The van der Waals surface area contributed by atoms with Gasteiger partial charge in [-0.25, -0.2) is 19.6 Å². The average molecular weight is 485 g/mol. The SMILES string of the molecule is COC(=O)c1nc(Br)cnc1N1CCC2(CC1)COC(C)C2NC(=O)OC(C)(C)C. The van der Waals surface area contributed by atoms with Gasteiger partial charge in [-0.3, -0.25) is 0 Å². The number of piperidine rings is 1. The minimum Gasteiger partial charge on any atom is -0.464 e. The maximum atomic E-state index is 12.4. The number of anilines is 1. The van der Waals surface area contributed by atoms with E-state index >= 15 is 0 Å². The van der Waals surface area contributed by atoms with Gasteiger partial charge < -0.3 is 24.4 Å². The van der Waals surface area contributed by atoms with Crippen LogP contribution in [0, 0.1) is 5.41 Å². The second-order valence-corrected chi connectivity index (χ2v) is 9.66. The first-order valence-electron chi connectivity index (χ1n) is 10.0. The molecule has 0 saturated carbocycles. The topological polar surface area (TPSA) is 103 Å². The highest BCUT2D eigenvalue weighted by Crippen LogP contribution is 2.43. The number of carbonyl (C=O) groups is 2. The smallest absolute Gasteiger partial charge is 0.407 e. The minimum atomic E-state index is -0.562. The summed E-state index contributed by atoms with van der Waals surface area (Å²) in [4.78, 5) is 35.2. The predicted molar refractivity (Wildman–Crippen MR) is 114 cm³/mol. The summed E-state index contributed by atoms with van der Waals surface area (Å²) in [6.07, 6.45) is 2.58. The summed E-state index contributed by atoms with van der Waals surface area (Å²) in [5.74, 6) is -0.0232. The van der Waals surface area contributed by atoms with Crippen LogP contribution in [0.5, 0.6) is 0 Å². The molecule has 1 N–H and O–H groups in total. The Kier molecular flexibility index (Phi) is 6.57. The fourth-order valence-electron chi connectivity index (χ4n) is 4.13. The number of nitrogens with zero attached hydrogens (tertiary/aromatic N) is 3. The number of hydrogen-bond donors (Lipinski definition) is 1. The molecule has 0 bridgehead atoms. The summed E-state index contributed by atoms with van der Waals surface area (Å²) in [5, 5.41) is 3.03. The van der Waals surface area contributed by atoms with Crippen molar-refractivity contribution in [1.29, 1.82) is 0 Å². The lowest BCUT2D eigenvalue weighted by Crippen LogP contribution is -2.55. The van der Waals surface area contributed by atoms with Crippen LogP contribution in [0.15, 0.2) is 10.8 Å². The molecule has 166 valence electrons. The van der Waals surface area contributed by atoms with Crippen LogP contribution in [0.2, 0.25) is 0 Å². The van der Waals surface area contributed by atoms with Crippen molar-refractivity contribution in [3.8, 4) is 0 Å². The molecule has 3 rings (SSSR count). The van der Waals surface area contributed by atoms with Gasteiger partial charge in [0.1, 0.15) is 10.2 Å². The Balaban J connectivity index is 1.73. The van der Waals surface area contributed by atoms with E-state index in [-0.39, 0.29) is 23.3 Å². The van der Waals surface area contributed by atoms with E-state index in [0.29, 0.717) is 30.1 Å². The Morgan fingerprint density at radius 1 is 1.33 bits per heavy atom. The van der Waals surface area contributed by atoms with Crippen LogP contribution < -0.4 is 10.2 Å². The average Bonchev–Trinajstić information content (AvgIpc) is 2.96. The van der Waals surface area contributed by atoms with Crippen LogP contribution in [-0.4, -0.2) is 66.6 Å². The van der Waals surface area contributed by atoms with E-state index < -0.39 is 17.7 Å². The molecule has 0 aromatic carbocycles. The molecule has 10 heteroatoms. The van der Waals surface area contributed by atoms with Crippen molar-refractivity contribution in [2.24, 2.45) is 5.41 Å². The lowest BCUT2D eigenvalue weighted by Gasteiger charge is -2.43. The largest absolute Gasteiger partial charge is 0.464 e. The van der Waals surface area contributed by atoms with Crippen LogP contribution in [-0.2, 0) is 14.2 Å². The van der Waals surface area contributed by atoms with Crippen molar-refractivity contribution in [3.05, 3.63) is 16.5 Å². The highest BCUT2D eigenvalue weighted by atomic mass is 79.9. The van der Waals surface area contributed by atoms with Crippen molar-refractivity contribution in [2.75, 3.05) is 31.7 Å². The molecule has 2 aliphatic heterocycles. The minimum absolute atomic E-state index is 0.109.